The van der Waals surface area contributed by atoms with Gasteiger partial charge in [0.05, 0.1) is 34.6 Å². The van der Waals surface area contributed by atoms with Gasteiger partial charge in [-0.25, -0.2) is 27.9 Å². The maximum atomic E-state index is 14.4. The van der Waals surface area contributed by atoms with Crippen LogP contribution in [0.3, 0.4) is 0 Å². The van der Waals surface area contributed by atoms with Gasteiger partial charge < -0.3 is 10.4 Å². The van der Waals surface area contributed by atoms with Gasteiger partial charge in [0, 0.05) is 18.0 Å². The predicted octanol–water partition coefficient (Wildman–Crippen LogP) is 2.97. The van der Waals surface area contributed by atoms with Gasteiger partial charge in [0.2, 0.25) is 16.0 Å². The fraction of sp³-hybridized carbons (Fsp3) is 0.316. The second-order valence-corrected chi connectivity index (χ2v) is 9.49. The lowest BCUT2D eigenvalue weighted by Gasteiger charge is -2.16. The SMILES string of the molecule is Cc1cc(Nc2ncc(C(F)(F)F)c(-c3cnn(CC(C)(C)O)c3)n2)c(F)cc1S(N)(=O)=O. The summed E-state index contributed by atoms with van der Waals surface area (Å²) in [4.78, 5) is 7.07. The van der Waals surface area contributed by atoms with E-state index in [-0.39, 0.29) is 29.3 Å². The number of benzene rings is 1. The number of primary sulfonamides is 1. The Bertz CT molecular complexity index is 1300. The number of nitrogens with two attached hydrogens (primary N) is 1. The third kappa shape index (κ3) is 5.83. The van der Waals surface area contributed by atoms with Gasteiger partial charge in [-0.1, -0.05) is 0 Å². The number of anilines is 2. The lowest BCUT2D eigenvalue weighted by molar-refractivity contribution is -0.137. The minimum atomic E-state index is -4.79. The van der Waals surface area contributed by atoms with E-state index in [2.05, 4.69) is 20.4 Å². The molecule has 0 unspecified atom stereocenters. The molecule has 0 radical (unpaired) electrons. The molecular formula is C19H20F4N6O3S. The van der Waals surface area contributed by atoms with Gasteiger partial charge in [-0.05, 0) is 38.5 Å². The Morgan fingerprint density at radius 1 is 1.21 bits per heavy atom. The van der Waals surface area contributed by atoms with Crippen LogP contribution in [0.5, 0.6) is 0 Å². The van der Waals surface area contributed by atoms with Crippen molar-refractivity contribution in [3.8, 4) is 11.3 Å². The molecule has 0 spiro atoms. The van der Waals surface area contributed by atoms with Crippen LogP contribution in [0.2, 0.25) is 0 Å². The van der Waals surface area contributed by atoms with Crippen LogP contribution in [0.25, 0.3) is 11.3 Å². The lowest BCUT2D eigenvalue weighted by Crippen LogP contribution is -2.26. The number of rotatable bonds is 6. The van der Waals surface area contributed by atoms with E-state index >= 15 is 0 Å². The van der Waals surface area contributed by atoms with Crippen molar-refractivity contribution in [1.82, 2.24) is 19.7 Å². The van der Waals surface area contributed by atoms with E-state index in [9.17, 15) is 31.1 Å². The number of alkyl halides is 3. The molecule has 2 aromatic heterocycles. The molecule has 0 saturated heterocycles. The number of aromatic nitrogens is 4. The normalized spacial score (nSPS) is 12.8. The molecule has 0 aliphatic carbocycles. The molecule has 14 heteroatoms. The van der Waals surface area contributed by atoms with Crippen molar-refractivity contribution >= 4 is 21.7 Å². The topological polar surface area (TPSA) is 136 Å². The summed E-state index contributed by atoms with van der Waals surface area (Å²) < 4.78 is 79.4. The Hall–Kier alpha value is -3.10. The maximum absolute atomic E-state index is 14.4. The third-order valence-corrected chi connectivity index (χ3v) is 5.42. The second kappa shape index (κ2) is 8.35. The fourth-order valence-electron chi connectivity index (χ4n) is 3.02. The molecule has 4 N–H and O–H groups in total. The van der Waals surface area contributed by atoms with Gasteiger partial charge in [-0.2, -0.15) is 18.3 Å². The zero-order chi connectivity index (χ0) is 24.8. The van der Waals surface area contributed by atoms with Crippen molar-refractivity contribution in [3.05, 3.63) is 47.7 Å². The highest BCUT2D eigenvalue weighted by atomic mass is 32.2. The zero-order valence-electron chi connectivity index (χ0n) is 17.6. The minimum absolute atomic E-state index is 0.00162. The Labute approximate surface area is 186 Å². The first-order chi connectivity index (χ1) is 15.0. The van der Waals surface area contributed by atoms with Crippen LogP contribution in [0.15, 0.2) is 35.6 Å². The number of sulfonamides is 1. The van der Waals surface area contributed by atoms with E-state index in [0.717, 1.165) is 12.3 Å². The highest BCUT2D eigenvalue weighted by Crippen LogP contribution is 2.36. The van der Waals surface area contributed by atoms with Crippen molar-refractivity contribution in [2.45, 2.75) is 44.0 Å². The Balaban J connectivity index is 2.04. The molecule has 0 aliphatic heterocycles. The average molecular weight is 488 g/mol. The molecule has 2 heterocycles. The van der Waals surface area contributed by atoms with Crippen molar-refractivity contribution in [1.29, 1.82) is 0 Å². The number of halogens is 4. The van der Waals surface area contributed by atoms with Gasteiger partial charge >= 0.3 is 6.18 Å². The first-order valence-electron chi connectivity index (χ1n) is 9.34. The van der Waals surface area contributed by atoms with Crippen molar-refractivity contribution < 1.29 is 31.1 Å². The van der Waals surface area contributed by atoms with E-state index in [1.54, 1.807) is 0 Å². The molecule has 178 valence electrons. The Morgan fingerprint density at radius 3 is 2.45 bits per heavy atom. The molecule has 0 amide bonds. The highest BCUT2D eigenvalue weighted by molar-refractivity contribution is 7.89. The maximum Gasteiger partial charge on any atom is 0.419 e. The van der Waals surface area contributed by atoms with Crippen LogP contribution in [-0.2, 0) is 22.7 Å². The minimum Gasteiger partial charge on any atom is -0.389 e. The van der Waals surface area contributed by atoms with Crippen LogP contribution >= 0.6 is 0 Å². The van der Waals surface area contributed by atoms with Crippen molar-refractivity contribution in [2.75, 3.05) is 5.32 Å². The summed E-state index contributed by atoms with van der Waals surface area (Å²) in [6, 6.07) is 1.82. The van der Waals surface area contributed by atoms with Gasteiger partial charge in [0.15, 0.2) is 0 Å². The number of hydrogen-bond donors (Lipinski definition) is 3. The van der Waals surface area contributed by atoms with Crippen molar-refractivity contribution in [3.63, 3.8) is 0 Å². The van der Waals surface area contributed by atoms with E-state index in [1.807, 2.05) is 0 Å². The van der Waals surface area contributed by atoms with Crippen LogP contribution in [-0.4, -0.2) is 38.9 Å². The van der Waals surface area contributed by atoms with E-state index in [4.69, 9.17) is 5.14 Å². The van der Waals surface area contributed by atoms with Gasteiger partial charge in [0.25, 0.3) is 0 Å². The monoisotopic (exact) mass is 488 g/mol. The second-order valence-electron chi connectivity index (χ2n) is 7.96. The largest absolute Gasteiger partial charge is 0.419 e. The molecule has 0 fully saturated rings. The zero-order valence-corrected chi connectivity index (χ0v) is 18.5. The summed E-state index contributed by atoms with van der Waals surface area (Å²) in [7, 11) is -4.17. The Kier molecular flexibility index (Phi) is 6.21. The van der Waals surface area contributed by atoms with Crippen LogP contribution in [0.4, 0.5) is 29.2 Å². The third-order valence-electron chi connectivity index (χ3n) is 4.37. The number of nitrogens with zero attached hydrogens (tertiary/aromatic N) is 4. The first kappa shape index (κ1) is 24.5. The van der Waals surface area contributed by atoms with Crippen LogP contribution < -0.4 is 10.5 Å². The number of nitrogens with one attached hydrogen (secondary N) is 1. The quantitative estimate of drug-likeness (QED) is 0.454. The molecule has 1 aromatic carbocycles. The first-order valence-corrected chi connectivity index (χ1v) is 10.9. The van der Waals surface area contributed by atoms with E-state index in [0.29, 0.717) is 12.3 Å². The van der Waals surface area contributed by atoms with E-state index in [1.165, 1.54) is 31.6 Å². The molecular weight excluding hydrogens is 468 g/mol. The highest BCUT2D eigenvalue weighted by Gasteiger charge is 2.36. The number of aliphatic hydroxyl groups is 1. The summed E-state index contributed by atoms with van der Waals surface area (Å²) in [6.45, 7) is 4.42. The number of hydrogen-bond acceptors (Lipinski definition) is 7. The molecule has 0 atom stereocenters. The summed E-state index contributed by atoms with van der Waals surface area (Å²) in [5, 5.41) is 21.4. The summed E-state index contributed by atoms with van der Waals surface area (Å²) in [5.74, 6) is -1.39. The smallest absolute Gasteiger partial charge is 0.389 e. The summed E-state index contributed by atoms with van der Waals surface area (Å²) in [6.07, 6.45) is -1.81. The Morgan fingerprint density at radius 2 is 1.88 bits per heavy atom. The molecule has 3 aromatic rings. The van der Waals surface area contributed by atoms with E-state index < -0.39 is 43.8 Å². The molecule has 9 nitrogen and oxygen atoms in total. The average Bonchev–Trinajstić information content (AvgIpc) is 3.09. The standard InChI is InChI=1S/C19H20F4N6O3S/c1-10-4-14(13(20)5-15(10)33(24,31)32)27-17-25-7-12(19(21,22)23)16(28-17)11-6-26-29(8-11)9-18(2,3)30/h4-8,30H,9H2,1-3H3,(H2,24,31,32)(H,25,27,28). The van der Waals surface area contributed by atoms with Crippen LogP contribution in [0.1, 0.15) is 25.0 Å². The molecule has 0 aliphatic rings. The van der Waals surface area contributed by atoms with Gasteiger partial charge in [0.1, 0.15) is 11.4 Å². The van der Waals surface area contributed by atoms with Gasteiger partial charge in [-0.3, -0.25) is 4.68 Å². The summed E-state index contributed by atoms with van der Waals surface area (Å²) in [5.41, 5.74) is -2.96. The fourth-order valence-corrected chi connectivity index (χ4v) is 3.80. The summed E-state index contributed by atoms with van der Waals surface area (Å²) >= 11 is 0. The lowest BCUT2D eigenvalue weighted by atomic mass is 10.1. The number of aryl methyl sites for hydroxylation is 1. The predicted molar refractivity (Wildman–Crippen MR) is 110 cm³/mol. The molecule has 3 rings (SSSR count). The van der Waals surface area contributed by atoms with Gasteiger partial charge in [-0.15, -0.1) is 0 Å². The molecule has 33 heavy (non-hydrogen) atoms. The molecule has 0 bridgehead atoms. The molecule has 0 saturated carbocycles. The van der Waals surface area contributed by atoms with Crippen LogP contribution in [0, 0.1) is 12.7 Å². The van der Waals surface area contributed by atoms with Crippen molar-refractivity contribution in [2.24, 2.45) is 5.14 Å².